The second kappa shape index (κ2) is 5.04. The van der Waals surface area contributed by atoms with Crippen molar-refractivity contribution in [3.05, 3.63) is 36.5 Å². The Morgan fingerprint density at radius 1 is 1.39 bits per heavy atom. The van der Waals surface area contributed by atoms with Crippen LogP contribution in [0.2, 0.25) is 0 Å². The predicted octanol–water partition coefficient (Wildman–Crippen LogP) is 2.53. The molecule has 0 saturated carbocycles. The smallest absolute Gasteiger partial charge is 0.326 e. The van der Waals surface area contributed by atoms with Gasteiger partial charge in [0.1, 0.15) is 6.04 Å². The zero-order valence-electron chi connectivity index (χ0n) is 10.5. The number of carboxylic acid groups (broad SMARTS) is 1. The summed E-state index contributed by atoms with van der Waals surface area (Å²) >= 11 is 0. The number of aromatic nitrogens is 1. The lowest BCUT2D eigenvalue weighted by atomic mass is 10.1. The Balaban J connectivity index is 2.50. The van der Waals surface area contributed by atoms with Gasteiger partial charge in [-0.25, -0.2) is 4.79 Å². The van der Waals surface area contributed by atoms with Gasteiger partial charge in [0.2, 0.25) is 0 Å². The van der Waals surface area contributed by atoms with Gasteiger partial charge in [-0.2, -0.15) is 0 Å². The van der Waals surface area contributed by atoms with Gasteiger partial charge in [0.05, 0.1) is 5.52 Å². The fourth-order valence-electron chi connectivity index (χ4n) is 2.17. The monoisotopic (exact) mass is 244 g/mol. The number of fused-ring (bicyclic) bond motifs is 1. The van der Waals surface area contributed by atoms with E-state index in [9.17, 15) is 9.90 Å². The number of para-hydroxylation sites is 1. The third-order valence-electron chi connectivity index (χ3n) is 3.15. The van der Waals surface area contributed by atoms with Crippen molar-refractivity contribution < 1.29 is 9.90 Å². The predicted molar refractivity (Wildman–Crippen MR) is 71.9 cm³/mol. The maximum Gasteiger partial charge on any atom is 0.326 e. The number of hydrogen-bond donors (Lipinski definition) is 1. The standard InChI is InChI=1S/C14H16N2O2/c1-3-12(14(17)18)16(2)13-8-9-15-11-7-5-4-6-10(11)13/h4-9,12H,3H2,1-2H3,(H,17,18). The first-order valence-electron chi connectivity index (χ1n) is 5.94. The number of nitrogens with zero attached hydrogens (tertiary/aromatic N) is 2. The molecule has 1 atom stereocenters. The van der Waals surface area contributed by atoms with Crippen LogP contribution in [0, 0.1) is 0 Å². The minimum atomic E-state index is -0.805. The van der Waals surface area contributed by atoms with E-state index in [1.54, 1.807) is 11.1 Å². The molecule has 1 aromatic heterocycles. The van der Waals surface area contributed by atoms with Crippen LogP contribution in [-0.2, 0) is 4.79 Å². The highest BCUT2D eigenvalue weighted by atomic mass is 16.4. The lowest BCUT2D eigenvalue weighted by Crippen LogP contribution is -2.38. The van der Waals surface area contributed by atoms with E-state index in [4.69, 9.17) is 0 Å². The maximum absolute atomic E-state index is 11.2. The summed E-state index contributed by atoms with van der Waals surface area (Å²) in [6.45, 7) is 1.87. The molecule has 1 unspecified atom stereocenters. The molecule has 0 saturated heterocycles. The Hall–Kier alpha value is -2.10. The van der Waals surface area contributed by atoms with E-state index in [2.05, 4.69) is 4.98 Å². The highest BCUT2D eigenvalue weighted by Gasteiger charge is 2.21. The molecule has 1 aromatic carbocycles. The molecule has 0 aliphatic rings. The van der Waals surface area contributed by atoms with Gasteiger partial charge in [-0.15, -0.1) is 0 Å². The molecule has 18 heavy (non-hydrogen) atoms. The van der Waals surface area contributed by atoms with E-state index in [1.807, 2.05) is 44.3 Å². The number of pyridine rings is 1. The molecule has 0 aliphatic heterocycles. The van der Waals surface area contributed by atoms with Crippen LogP contribution in [0.15, 0.2) is 36.5 Å². The van der Waals surface area contributed by atoms with Gasteiger partial charge < -0.3 is 10.0 Å². The summed E-state index contributed by atoms with van der Waals surface area (Å²) in [5.41, 5.74) is 1.77. The fraction of sp³-hybridized carbons (Fsp3) is 0.286. The van der Waals surface area contributed by atoms with E-state index in [0.717, 1.165) is 16.6 Å². The molecule has 0 fully saturated rings. The summed E-state index contributed by atoms with van der Waals surface area (Å²) in [7, 11) is 1.81. The summed E-state index contributed by atoms with van der Waals surface area (Å²) in [4.78, 5) is 17.3. The van der Waals surface area contributed by atoms with Crippen molar-refractivity contribution in [2.24, 2.45) is 0 Å². The first-order valence-corrected chi connectivity index (χ1v) is 5.94. The first-order chi connectivity index (χ1) is 8.65. The Labute approximate surface area is 106 Å². The Morgan fingerprint density at radius 2 is 2.11 bits per heavy atom. The third kappa shape index (κ3) is 2.14. The summed E-state index contributed by atoms with van der Waals surface area (Å²) in [5.74, 6) is -0.805. The molecule has 0 bridgehead atoms. The minimum absolute atomic E-state index is 0.518. The molecule has 2 aromatic rings. The van der Waals surface area contributed by atoms with Crippen LogP contribution in [0.3, 0.4) is 0 Å². The SMILES string of the molecule is CCC(C(=O)O)N(C)c1ccnc2ccccc12. The first kappa shape index (κ1) is 12.4. The Kier molecular flexibility index (Phi) is 3.46. The maximum atomic E-state index is 11.2. The number of hydrogen-bond acceptors (Lipinski definition) is 3. The molecule has 1 heterocycles. The van der Waals surface area contributed by atoms with Crippen LogP contribution in [0.5, 0.6) is 0 Å². The molecule has 4 nitrogen and oxygen atoms in total. The van der Waals surface area contributed by atoms with E-state index >= 15 is 0 Å². The van der Waals surface area contributed by atoms with E-state index in [0.29, 0.717) is 6.42 Å². The molecule has 1 N–H and O–H groups in total. The number of carbonyl (C=O) groups is 1. The van der Waals surface area contributed by atoms with Crippen molar-refractivity contribution in [3.8, 4) is 0 Å². The van der Waals surface area contributed by atoms with Crippen molar-refractivity contribution in [1.29, 1.82) is 0 Å². The average molecular weight is 244 g/mol. The number of anilines is 1. The zero-order valence-corrected chi connectivity index (χ0v) is 10.5. The topological polar surface area (TPSA) is 53.4 Å². The van der Waals surface area contributed by atoms with Crippen LogP contribution in [0.4, 0.5) is 5.69 Å². The number of benzene rings is 1. The highest BCUT2D eigenvalue weighted by Crippen LogP contribution is 2.26. The fourth-order valence-corrected chi connectivity index (χ4v) is 2.17. The van der Waals surface area contributed by atoms with Crippen LogP contribution < -0.4 is 4.90 Å². The van der Waals surface area contributed by atoms with Gasteiger partial charge in [0.15, 0.2) is 0 Å². The number of rotatable bonds is 4. The van der Waals surface area contributed by atoms with Crippen LogP contribution in [0.25, 0.3) is 10.9 Å². The quantitative estimate of drug-likeness (QED) is 0.898. The van der Waals surface area contributed by atoms with Gasteiger partial charge in [-0.3, -0.25) is 4.98 Å². The molecule has 0 aliphatic carbocycles. The third-order valence-corrected chi connectivity index (χ3v) is 3.15. The molecule has 94 valence electrons. The second-order valence-corrected chi connectivity index (χ2v) is 4.22. The van der Waals surface area contributed by atoms with Gasteiger partial charge in [0.25, 0.3) is 0 Å². The molecule has 0 radical (unpaired) electrons. The zero-order chi connectivity index (χ0) is 13.1. The largest absolute Gasteiger partial charge is 0.480 e. The molecule has 0 spiro atoms. The van der Waals surface area contributed by atoms with Crippen LogP contribution in [0.1, 0.15) is 13.3 Å². The molecule has 2 rings (SSSR count). The molecule has 0 amide bonds. The second-order valence-electron chi connectivity index (χ2n) is 4.22. The summed E-state index contributed by atoms with van der Waals surface area (Å²) in [5, 5.41) is 10.2. The normalized spacial score (nSPS) is 12.3. The van der Waals surface area contributed by atoms with E-state index in [1.165, 1.54) is 0 Å². The number of carboxylic acids is 1. The summed E-state index contributed by atoms with van der Waals surface area (Å²) < 4.78 is 0. The Morgan fingerprint density at radius 3 is 2.78 bits per heavy atom. The Bertz CT molecular complexity index is 563. The van der Waals surface area contributed by atoms with Crippen molar-refractivity contribution in [3.63, 3.8) is 0 Å². The van der Waals surface area contributed by atoms with Gasteiger partial charge in [-0.1, -0.05) is 25.1 Å². The van der Waals surface area contributed by atoms with Crippen LogP contribution in [-0.4, -0.2) is 29.1 Å². The van der Waals surface area contributed by atoms with E-state index in [-0.39, 0.29) is 0 Å². The van der Waals surface area contributed by atoms with Gasteiger partial charge in [0, 0.05) is 24.3 Å². The van der Waals surface area contributed by atoms with Gasteiger partial charge in [-0.05, 0) is 18.6 Å². The average Bonchev–Trinajstić information content (AvgIpc) is 2.38. The van der Waals surface area contributed by atoms with Crippen molar-refractivity contribution >= 4 is 22.6 Å². The highest BCUT2D eigenvalue weighted by molar-refractivity contribution is 5.93. The number of aliphatic carboxylic acids is 1. The lowest BCUT2D eigenvalue weighted by molar-refractivity contribution is -0.138. The van der Waals surface area contributed by atoms with Crippen molar-refractivity contribution in [1.82, 2.24) is 4.98 Å². The van der Waals surface area contributed by atoms with Crippen molar-refractivity contribution in [2.75, 3.05) is 11.9 Å². The summed E-state index contributed by atoms with van der Waals surface area (Å²) in [6.07, 6.45) is 2.27. The molecular formula is C14H16N2O2. The summed E-state index contributed by atoms with van der Waals surface area (Å²) in [6, 6.07) is 9.08. The lowest BCUT2D eigenvalue weighted by Gasteiger charge is -2.26. The van der Waals surface area contributed by atoms with Crippen LogP contribution >= 0.6 is 0 Å². The minimum Gasteiger partial charge on any atom is -0.480 e. The van der Waals surface area contributed by atoms with Crippen molar-refractivity contribution in [2.45, 2.75) is 19.4 Å². The number of likely N-dealkylation sites (N-methyl/N-ethyl adjacent to an activating group) is 1. The molecular weight excluding hydrogens is 228 g/mol. The van der Waals surface area contributed by atoms with Gasteiger partial charge >= 0.3 is 5.97 Å². The van der Waals surface area contributed by atoms with E-state index < -0.39 is 12.0 Å². The molecule has 4 heteroatoms.